The van der Waals surface area contributed by atoms with Crippen molar-refractivity contribution in [1.29, 1.82) is 0 Å². The summed E-state index contributed by atoms with van der Waals surface area (Å²) in [5.41, 5.74) is 9.57. The summed E-state index contributed by atoms with van der Waals surface area (Å²) in [6.45, 7) is 5.92. The fraction of sp³-hybridized carbons (Fsp3) is 0.0800. The number of rotatable bonds is 8. The molecule has 8 heteroatoms. The van der Waals surface area contributed by atoms with Crippen LogP contribution in [0.4, 0.5) is 0 Å². The number of benzene rings is 3. The molecule has 0 saturated carbocycles. The van der Waals surface area contributed by atoms with E-state index in [-0.39, 0.29) is 17.4 Å². The average molecular weight is 458 g/mol. The van der Waals surface area contributed by atoms with Gasteiger partial charge < -0.3 is 5.11 Å². The molecule has 0 unspecified atom stereocenters. The average Bonchev–Trinajstić information content (AvgIpc) is 3.26. The van der Waals surface area contributed by atoms with Crippen LogP contribution in [-0.2, 0) is 4.79 Å². The van der Waals surface area contributed by atoms with Crippen LogP contribution in [0.25, 0.3) is 22.8 Å². The molecule has 1 aromatic heterocycles. The fourth-order valence-corrected chi connectivity index (χ4v) is 3.89. The molecule has 3 N–H and O–H groups in total. The summed E-state index contributed by atoms with van der Waals surface area (Å²) in [5.74, 6) is 0.710. The number of hydrogen-bond acceptors (Lipinski definition) is 6. The number of aromatic hydroxyl groups is 1. The minimum atomic E-state index is -0.249. The molecule has 33 heavy (non-hydrogen) atoms. The van der Waals surface area contributed by atoms with Crippen LogP contribution < -0.4 is 10.9 Å². The first-order chi connectivity index (χ1) is 16.0. The third kappa shape index (κ3) is 5.42. The van der Waals surface area contributed by atoms with E-state index in [2.05, 4.69) is 27.6 Å². The molecule has 1 heterocycles. The van der Waals surface area contributed by atoms with Gasteiger partial charge in [-0.15, -0.1) is 10.2 Å². The topological polar surface area (TPSA) is 92.1 Å². The Morgan fingerprint density at radius 3 is 2.48 bits per heavy atom. The summed E-state index contributed by atoms with van der Waals surface area (Å²) >= 11 is 1.29. The quantitative estimate of drug-likeness (QED) is 0.269. The van der Waals surface area contributed by atoms with Crippen LogP contribution in [0.1, 0.15) is 11.1 Å². The second-order valence-corrected chi connectivity index (χ2v) is 8.28. The highest BCUT2D eigenvalue weighted by atomic mass is 32.2. The molecule has 0 saturated heterocycles. The normalized spacial score (nSPS) is 10.6. The number of aryl methyl sites for hydroxylation is 1. The Kier molecular flexibility index (Phi) is 6.75. The molecule has 1 amide bonds. The number of phenolic OH excluding ortho intramolecular Hbond substituents is 1. The van der Waals surface area contributed by atoms with Gasteiger partial charge in [0.15, 0.2) is 11.0 Å². The van der Waals surface area contributed by atoms with Gasteiger partial charge >= 0.3 is 0 Å². The number of aromatic nitrogens is 3. The van der Waals surface area contributed by atoms with Crippen molar-refractivity contribution in [1.82, 2.24) is 25.6 Å². The van der Waals surface area contributed by atoms with Crippen LogP contribution >= 0.6 is 11.8 Å². The number of hydrazine groups is 1. The van der Waals surface area contributed by atoms with Gasteiger partial charge in [-0.3, -0.25) is 20.2 Å². The number of para-hydroxylation sites is 1. The molecular weight excluding hydrogens is 434 g/mol. The Morgan fingerprint density at radius 1 is 1.00 bits per heavy atom. The van der Waals surface area contributed by atoms with E-state index >= 15 is 0 Å². The molecule has 7 nitrogen and oxygen atoms in total. The molecule has 0 aliphatic carbocycles. The first-order valence-electron chi connectivity index (χ1n) is 10.2. The molecule has 0 aliphatic rings. The summed E-state index contributed by atoms with van der Waals surface area (Å²) in [5, 5.41) is 18.9. The summed E-state index contributed by atoms with van der Waals surface area (Å²) in [6, 6.07) is 24.5. The lowest BCUT2D eigenvalue weighted by Gasteiger charge is -2.12. The van der Waals surface area contributed by atoms with Crippen LogP contribution in [0.2, 0.25) is 0 Å². The summed E-state index contributed by atoms with van der Waals surface area (Å²) < 4.78 is 1.95. The highest BCUT2D eigenvalue weighted by molar-refractivity contribution is 7.99. The van der Waals surface area contributed by atoms with Gasteiger partial charge in [0.2, 0.25) is 5.91 Å². The SMILES string of the molecule is C=C(NNC(=O)CSc1nnc(-c2ccc(C)cc2)n1-c1ccccc1)c1cccc(O)c1. The zero-order chi connectivity index (χ0) is 23.2. The molecule has 0 spiro atoms. The maximum atomic E-state index is 12.4. The smallest absolute Gasteiger partial charge is 0.248 e. The Bertz CT molecular complexity index is 1270. The molecule has 4 aromatic rings. The van der Waals surface area contributed by atoms with E-state index in [0.717, 1.165) is 16.8 Å². The zero-order valence-corrected chi connectivity index (χ0v) is 18.8. The van der Waals surface area contributed by atoms with Crippen molar-refractivity contribution in [3.63, 3.8) is 0 Å². The van der Waals surface area contributed by atoms with Crippen LogP contribution in [-0.4, -0.2) is 31.5 Å². The van der Waals surface area contributed by atoms with Crippen molar-refractivity contribution in [2.45, 2.75) is 12.1 Å². The predicted molar refractivity (Wildman–Crippen MR) is 131 cm³/mol. The first-order valence-corrected chi connectivity index (χ1v) is 11.2. The van der Waals surface area contributed by atoms with Gasteiger partial charge in [0.25, 0.3) is 0 Å². The zero-order valence-electron chi connectivity index (χ0n) is 18.0. The standard InChI is InChI=1S/C25H23N5O2S/c1-17-11-13-19(14-12-17)24-28-29-25(30(24)21-8-4-3-5-9-21)33-16-23(32)27-26-18(2)20-7-6-10-22(31)15-20/h3-15,26,31H,2,16H2,1H3,(H,27,32). The minimum Gasteiger partial charge on any atom is -0.508 e. The van der Waals surface area contributed by atoms with E-state index in [1.54, 1.807) is 24.3 Å². The van der Waals surface area contributed by atoms with Crippen molar-refractivity contribution >= 4 is 23.4 Å². The summed E-state index contributed by atoms with van der Waals surface area (Å²) in [7, 11) is 0. The molecule has 0 aliphatic heterocycles. The van der Waals surface area contributed by atoms with Gasteiger partial charge in [-0.2, -0.15) is 0 Å². The van der Waals surface area contributed by atoms with Crippen LogP contribution in [0, 0.1) is 6.92 Å². The number of carbonyl (C=O) groups excluding carboxylic acids is 1. The monoisotopic (exact) mass is 457 g/mol. The number of nitrogens with zero attached hydrogens (tertiary/aromatic N) is 3. The predicted octanol–water partition coefficient (Wildman–Crippen LogP) is 4.33. The molecule has 166 valence electrons. The summed E-state index contributed by atoms with van der Waals surface area (Å²) in [4.78, 5) is 12.4. The van der Waals surface area contributed by atoms with Crippen molar-refractivity contribution in [3.8, 4) is 22.8 Å². The molecule has 0 fully saturated rings. The minimum absolute atomic E-state index is 0.124. The lowest BCUT2D eigenvalue weighted by molar-refractivity contribution is -0.119. The van der Waals surface area contributed by atoms with E-state index in [9.17, 15) is 9.90 Å². The second kappa shape index (κ2) is 10.1. The van der Waals surface area contributed by atoms with Gasteiger partial charge in [-0.05, 0) is 31.2 Å². The van der Waals surface area contributed by atoms with E-state index in [1.807, 2.05) is 66.1 Å². The molecule has 0 radical (unpaired) electrons. The number of nitrogens with one attached hydrogen (secondary N) is 2. The fourth-order valence-electron chi connectivity index (χ4n) is 3.14. The van der Waals surface area contributed by atoms with Crippen molar-refractivity contribution in [2.24, 2.45) is 0 Å². The Labute approximate surface area is 196 Å². The third-order valence-corrected chi connectivity index (χ3v) is 5.77. The van der Waals surface area contributed by atoms with Gasteiger partial charge in [0.05, 0.1) is 11.4 Å². The lowest BCUT2D eigenvalue weighted by Crippen LogP contribution is -2.37. The number of thioether (sulfide) groups is 1. The Morgan fingerprint density at radius 2 is 1.76 bits per heavy atom. The maximum absolute atomic E-state index is 12.4. The van der Waals surface area contributed by atoms with E-state index in [1.165, 1.54) is 11.8 Å². The highest BCUT2D eigenvalue weighted by Crippen LogP contribution is 2.28. The molecule has 0 atom stereocenters. The van der Waals surface area contributed by atoms with Gasteiger partial charge in [0.1, 0.15) is 5.75 Å². The van der Waals surface area contributed by atoms with Gasteiger partial charge in [-0.25, -0.2) is 0 Å². The largest absolute Gasteiger partial charge is 0.508 e. The number of carbonyl (C=O) groups is 1. The number of amides is 1. The van der Waals surface area contributed by atoms with Crippen LogP contribution in [0.5, 0.6) is 5.75 Å². The number of phenols is 1. The van der Waals surface area contributed by atoms with Crippen LogP contribution in [0.3, 0.4) is 0 Å². The molecular formula is C25H23N5O2S. The number of hydrogen-bond donors (Lipinski definition) is 3. The van der Waals surface area contributed by atoms with E-state index in [4.69, 9.17) is 0 Å². The van der Waals surface area contributed by atoms with Gasteiger partial charge in [0, 0.05) is 16.8 Å². The van der Waals surface area contributed by atoms with Gasteiger partial charge in [-0.1, -0.05) is 78.5 Å². The van der Waals surface area contributed by atoms with Crippen molar-refractivity contribution in [3.05, 3.63) is 96.6 Å². The van der Waals surface area contributed by atoms with Crippen LogP contribution in [0.15, 0.2) is 90.6 Å². The second-order valence-electron chi connectivity index (χ2n) is 7.33. The molecule has 3 aromatic carbocycles. The molecule has 4 rings (SSSR count). The Hall–Kier alpha value is -4.04. The highest BCUT2D eigenvalue weighted by Gasteiger charge is 2.17. The van der Waals surface area contributed by atoms with Crippen molar-refractivity contribution < 1.29 is 9.90 Å². The van der Waals surface area contributed by atoms with E-state index in [0.29, 0.717) is 22.2 Å². The maximum Gasteiger partial charge on any atom is 0.248 e. The first kappa shape index (κ1) is 22.2. The van der Waals surface area contributed by atoms with E-state index < -0.39 is 0 Å². The Balaban J connectivity index is 1.47. The third-order valence-electron chi connectivity index (χ3n) is 4.84. The van der Waals surface area contributed by atoms with Crippen molar-refractivity contribution in [2.75, 3.05) is 5.75 Å². The summed E-state index contributed by atoms with van der Waals surface area (Å²) in [6.07, 6.45) is 0. The molecule has 0 bridgehead atoms. The lowest BCUT2D eigenvalue weighted by atomic mass is 10.1.